The first-order valence-corrected chi connectivity index (χ1v) is 9.62. The van der Waals surface area contributed by atoms with E-state index in [-0.39, 0.29) is 42.7 Å². The number of rotatable bonds is 9. The number of nitrogens with zero attached hydrogens (tertiary/aromatic N) is 1. The van der Waals surface area contributed by atoms with Crippen molar-refractivity contribution in [2.24, 2.45) is 5.73 Å². The van der Waals surface area contributed by atoms with Crippen LogP contribution in [0.25, 0.3) is 0 Å². The van der Waals surface area contributed by atoms with Gasteiger partial charge in [0.05, 0.1) is 12.5 Å². The summed E-state index contributed by atoms with van der Waals surface area (Å²) in [5, 5.41) is 30.3. The van der Waals surface area contributed by atoms with E-state index in [1.807, 2.05) is 4.90 Å². The maximum Gasteiger partial charge on any atom is 0.522 e. The molecule has 1 aromatic carbocycles. The van der Waals surface area contributed by atoms with Gasteiger partial charge in [-0.05, 0) is 24.4 Å². The monoisotopic (exact) mass is 421 g/mol. The highest BCUT2D eigenvalue weighted by atomic mass is 16.5. The zero-order chi connectivity index (χ0) is 21.8. The number of carbonyl (C=O) groups excluding carboxylic acids is 1. The Morgan fingerprint density at radius 3 is 2.73 bits per heavy atom. The van der Waals surface area contributed by atoms with E-state index in [0.717, 1.165) is 0 Å². The molecule has 3 rings (SSSR count). The lowest BCUT2D eigenvalue weighted by molar-refractivity contribution is -0.137. The molecule has 11 nitrogen and oxygen atoms in total. The number of carboxylic acids is 2. The fraction of sp³-hybridized carbons (Fsp3) is 0.500. The minimum Gasteiger partial charge on any atom is -0.535 e. The number of aliphatic carboxylic acids is 1. The molecular formula is C18H24BN3O8. The molecule has 0 spiro atoms. The summed E-state index contributed by atoms with van der Waals surface area (Å²) in [6.07, 6.45) is 0.456. The highest BCUT2D eigenvalue weighted by molar-refractivity contribution is 6.44. The number of nitrogens with two attached hydrogens (primary N) is 1. The van der Waals surface area contributed by atoms with Gasteiger partial charge in [0.15, 0.2) is 0 Å². The van der Waals surface area contributed by atoms with E-state index in [2.05, 4.69) is 5.32 Å². The Bertz CT molecular complexity index is 830. The summed E-state index contributed by atoms with van der Waals surface area (Å²) in [5.74, 6) is -2.34. The molecule has 0 radical (unpaired) electrons. The van der Waals surface area contributed by atoms with Crippen LogP contribution >= 0.6 is 0 Å². The summed E-state index contributed by atoms with van der Waals surface area (Å²) in [6.45, 7) is 1.19. The quantitative estimate of drug-likeness (QED) is 0.304. The topological polar surface area (TPSA) is 172 Å². The minimum atomic E-state index is -1.20. The number of aryl methyl sites for hydroxylation is 1. The Morgan fingerprint density at radius 2 is 2.07 bits per heavy atom. The predicted molar refractivity (Wildman–Crippen MR) is 105 cm³/mol. The van der Waals surface area contributed by atoms with E-state index in [9.17, 15) is 24.5 Å². The van der Waals surface area contributed by atoms with Crippen molar-refractivity contribution in [2.75, 3.05) is 26.2 Å². The SMILES string of the molecule is N[C@@H](CN1CC(Oc2ccc3c(c2C(=O)O)OB(O)CC3)C1)C(=O)NCCC(=O)O. The van der Waals surface area contributed by atoms with Crippen LogP contribution in [0.4, 0.5) is 0 Å². The van der Waals surface area contributed by atoms with Gasteiger partial charge >= 0.3 is 19.1 Å². The number of amides is 1. The van der Waals surface area contributed by atoms with Crippen LogP contribution in [0.1, 0.15) is 22.3 Å². The number of nitrogens with one attached hydrogen (secondary N) is 1. The lowest BCUT2D eigenvalue weighted by Gasteiger charge is -2.40. The predicted octanol–water partition coefficient (Wildman–Crippen LogP) is -1.22. The van der Waals surface area contributed by atoms with Crippen molar-refractivity contribution in [2.45, 2.75) is 31.3 Å². The highest BCUT2D eigenvalue weighted by Crippen LogP contribution is 2.37. The van der Waals surface area contributed by atoms with Crippen molar-refractivity contribution in [3.8, 4) is 11.5 Å². The lowest BCUT2D eigenvalue weighted by atomic mass is 9.78. The second-order valence-electron chi connectivity index (χ2n) is 7.34. The van der Waals surface area contributed by atoms with Gasteiger partial charge in [-0.1, -0.05) is 6.07 Å². The summed E-state index contributed by atoms with van der Waals surface area (Å²) in [6, 6.07) is 2.51. The number of hydrogen-bond acceptors (Lipinski definition) is 8. The first-order valence-electron chi connectivity index (χ1n) is 9.62. The van der Waals surface area contributed by atoms with Crippen molar-refractivity contribution in [3.63, 3.8) is 0 Å². The normalized spacial score (nSPS) is 17.3. The molecule has 1 fully saturated rings. The van der Waals surface area contributed by atoms with Gasteiger partial charge in [0, 0.05) is 26.2 Å². The van der Waals surface area contributed by atoms with Gasteiger partial charge in [-0.3, -0.25) is 14.5 Å². The van der Waals surface area contributed by atoms with Crippen LogP contribution in [0.5, 0.6) is 11.5 Å². The molecule has 1 saturated heterocycles. The van der Waals surface area contributed by atoms with Crippen molar-refractivity contribution in [3.05, 3.63) is 23.3 Å². The van der Waals surface area contributed by atoms with Crippen molar-refractivity contribution in [1.82, 2.24) is 10.2 Å². The number of fused-ring (bicyclic) bond motifs is 1. The molecule has 1 aromatic rings. The summed E-state index contributed by atoms with van der Waals surface area (Å²) in [7, 11) is -1.05. The minimum absolute atomic E-state index is 0.0145. The molecule has 30 heavy (non-hydrogen) atoms. The van der Waals surface area contributed by atoms with Gasteiger partial charge < -0.3 is 35.7 Å². The third-order valence-corrected chi connectivity index (χ3v) is 4.98. The fourth-order valence-electron chi connectivity index (χ4n) is 3.42. The second kappa shape index (κ2) is 9.33. The molecule has 162 valence electrons. The number of carbonyl (C=O) groups is 3. The van der Waals surface area contributed by atoms with E-state index in [0.29, 0.717) is 31.4 Å². The van der Waals surface area contributed by atoms with Crippen LogP contribution in [-0.4, -0.2) is 83.4 Å². The Balaban J connectivity index is 1.52. The number of likely N-dealkylation sites (tertiary alicyclic amines) is 1. The average Bonchev–Trinajstić information content (AvgIpc) is 2.64. The molecule has 12 heteroatoms. The second-order valence-corrected chi connectivity index (χ2v) is 7.34. The highest BCUT2D eigenvalue weighted by Gasteiger charge is 2.34. The first-order chi connectivity index (χ1) is 14.2. The van der Waals surface area contributed by atoms with Crippen molar-refractivity contribution >= 4 is 25.0 Å². The van der Waals surface area contributed by atoms with E-state index in [1.54, 1.807) is 12.1 Å². The summed E-state index contributed by atoms with van der Waals surface area (Å²) in [5.41, 5.74) is 6.43. The number of benzene rings is 1. The van der Waals surface area contributed by atoms with Gasteiger partial charge in [0.1, 0.15) is 23.2 Å². The van der Waals surface area contributed by atoms with Crippen LogP contribution in [-0.2, 0) is 16.0 Å². The maximum atomic E-state index is 11.9. The molecule has 6 N–H and O–H groups in total. The van der Waals surface area contributed by atoms with E-state index < -0.39 is 31.0 Å². The van der Waals surface area contributed by atoms with Crippen LogP contribution in [0.3, 0.4) is 0 Å². The van der Waals surface area contributed by atoms with Crippen LogP contribution in [0.2, 0.25) is 6.32 Å². The van der Waals surface area contributed by atoms with Crippen molar-refractivity contribution in [1.29, 1.82) is 0 Å². The third-order valence-electron chi connectivity index (χ3n) is 4.98. The van der Waals surface area contributed by atoms with E-state index >= 15 is 0 Å². The zero-order valence-electron chi connectivity index (χ0n) is 16.2. The van der Waals surface area contributed by atoms with Gasteiger partial charge in [0.25, 0.3) is 0 Å². The smallest absolute Gasteiger partial charge is 0.522 e. The van der Waals surface area contributed by atoms with Crippen LogP contribution in [0, 0.1) is 0 Å². The Kier molecular flexibility index (Phi) is 6.80. The average molecular weight is 421 g/mol. The van der Waals surface area contributed by atoms with Gasteiger partial charge in [-0.2, -0.15) is 0 Å². The van der Waals surface area contributed by atoms with Crippen molar-refractivity contribution < 1.29 is 39.0 Å². The first kappa shape index (κ1) is 21.9. The van der Waals surface area contributed by atoms with Crippen LogP contribution in [0.15, 0.2) is 12.1 Å². The number of aromatic carboxylic acids is 1. The molecule has 0 bridgehead atoms. The fourth-order valence-corrected chi connectivity index (χ4v) is 3.42. The number of hydrogen-bond donors (Lipinski definition) is 5. The standard InChI is InChI=1S/C18H24BN3O8/c20-12(17(25)21-6-4-14(23)24)9-22-7-11(8-22)29-13-2-1-10-3-5-19(28)30-16(10)15(13)18(26)27/h1-2,11-12,28H,3-9,20H2,(H,21,25)(H,23,24)(H,26,27)/t12-/m0/s1. The Morgan fingerprint density at radius 1 is 1.33 bits per heavy atom. The molecule has 0 saturated carbocycles. The van der Waals surface area contributed by atoms with Gasteiger partial charge in [-0.15, -0.1) is 0 Å². The van der Waals surface area contributed by atoms with Gasteiger partial charge in [-0.25, -0.2) is 4.79 Å². The Labute approximate surface area is 172 Å². The Hall–Kier alpha value is -2.83. The largest absolute Gasteiger partial charge is 0.535 e. The number of ether oxygens (including phenoxy) is 1. The maximum absolute atomic E-state index is 11.9. The lowest BCUT2D eigenvalue weighted by Crippen LogP contribution is -2.59. The zero-order valence-corrected chi connectivity index (χ0v) is 16.2. The van der Waals surface area contributed by atoms with E-state index in [1.165, 1.54) is 0 Å². The molecular weight excluding hydrogens is 397 g/mol. The molecule has 2 aliphatic heterocycles. The summed E-state index contributed by atoms with van der Waals surface area (Å²) >= 11 is 0. The molecule has 0 aromatic heterocycles. The molecule has 2 heterocycles. The van der Waals surface area contributed by atoms with E-state index in [4.69, 9.17) is 20.2 Å². The molecule has 0 unspecified atom stereocenters. The molecule has 2 aliphatic rings. The summed E-state index contributed by atoms with van der Waals surface area (Å²) in [4.78, 5) is 36.0. The van der Waals surface area contributed by atoms with Gasteiger partial charge in [0.2, 0.25) is 5.91 Å². The molecule has 0 aliphatic carbocycles. The number of carboxylic acid groups (broad SMARTS) is 2. The molecule has 1 amide bonds. The van der Waals surface area contributed by atoms with Crippen LogP contribution < -0.4 is 20.4 Å². The third kappa shape index (κ3) is 5.20. The summed E-state index contributed by atoms with van der Waals surface area (Å²) < 4.78 is 11.1. The molecule has 1 atom stereocenters.